The van der Waals surface area contributed by atoms with E-state index in [9.17, 15) is 38.4 Å². The Morgan fingerprint density at radius 3 is 1.23 bits per heavy atom. The molecule has 2 saturated heterocycles. The second kappa shape index (κ2) is 30.5. The van der Waals surface area contributed by atoms with E-state index in [4.69, 9.17) is 19.0 Å². The first-order chi connectivity index (χ1) is 34.6. The van der Waals surface area contributed by atoms with Crippen molar-refractivity contribution in [1.82, 2.24) is 35.3 Å². The van der Waals surface area contributed by atoms with E-state index in [1.54, 1.807) is 41.5 Å². The summed E-state index contributed by atoms with van der Waals surface area (Å²) in [5, 5.41) is 6.38. The summed E-state index contributed by atoms with van der Waals surface area (Å²) in [7, 11) is 0. The summed E-state index contributed by atoms with van der Waals surface area (Å²) in [6.45, 7) is 26.1. The summed E-state index contributed by atoms with van der Waals surface area (Å²) in [6.07, 6.45) is 6.10. The van der Waals surface area contributed by atoms with Crippen LogP contribution < -0.4 is 14.2 Å². The number of esters is 3. The van der Waals surface area contributed by atoms with E-state index >= 15 is 0 Å². The van der Waals surface area contributed by atoms with Gasteiger partial charge in [-0.3, -0.25) is 29.1 Å². The number of hydrogen-bond acceptors (Lipinski definition) is 16. The Balaban J connectivity index is 1.84. The molecule has 2 heterocycles. The molecule has 0 saturated carbocycles. The van der Waals surface area contributed by atoms with Crippen molar-refractivity contribution in [2.45, 2.75) is 165 Å². The van der Waals surface area contributed by atoms with E-state index in [2.05, 4.69) is 31.4 Å². The van der Waals surface area contributed by atoms with E-state index in [0.29, 0.717) is 57.4 Å². The predicted octanol–water partition coefficient (Wildman–Crippen LogP) is 5.06. The van der Waals surface area contributed by atoms with Crippen molar-refractivity contribution < 1.29 is 57.4 Å². The zero-order valence-corrected chi connectivity index (χ0v) is 49.9. The Labute approximate surface area is 445 Å². The number of amides is 4. The van der Waals surface area contributed by atoms with E-state index in [-0.39, 0.29) is 75.1 Å². The van der Waals surface area contributed by atoms with Crippen LogP contribution in [0, 0.1) is 0 Å². The van der Waals surface area contributed by atoms with Crippen molar-refractivity contribution >= 4 is 69.5 Å². The molecule has 0 atom stereocenters. The van der Waals surface area contributed by atoms with Crippen molar-refractivity contribution in [3.05, 3.63) is 29.3 Å². The zero-order chi connectivity index (χ0) is 55.3. The van der Waals surface area contributed by atoms with Gasteiger partial charge in [-0.05, 0) is 62.3 Å². The van der Waals surface area contributed by atoms with Crippen molar-refractivity contribution in [1.29, 1.82) is 0 Å². The predicted molar refractivity (Wildman–Crippen MR) is 286 cm³/mol. The summed E-state index contributed by atoms with van der Waals surface area (Å²) in [4.78, 5) is 119. The van der Waals surface area contributed by atoms with Gasteiger partial charge in [0.1, 0.15) is 16.8 Å². The number of unbranched alkanes of at least 4 members (excludes halogenated alkanes) is 3. The molecule has 2 N–H and O–H groups in total. The third-order valence-corrected chi connectivity index (χ3v) is 28.1. The number of hydrogen-bond donors (Lipinski definition) is 2. The molecule has 0 radical (unpaired) electrons. The van der Waals surface area contributed by atoms with Crippen LogP contribution in [0.2, 0.25) is 13.3 Å². The molecule has 4 amide bonds. The summed E-state index contributed by atoms with van der Waals surface area (Å²) in [6, 6.07) is 5.23. The first-order valence-electron chi connectivity index (χ1n) is 27.0. The summed E-state index contributed by atoms with van der Waals surface area (Å²) in [5.74, 6) is -3.97. The molecule has 418 valence electrons. The van der Waals surface area contributed by atoms with Gasteiger partial charge in [0.05, 0.1) is 19.6 Å². The van der Waals surface area contributed by atoms with Crippen LogP contribution in [0.1, 0.15) is 155 Å². The second-order valence-corrected chi connectivity index (χ2v) is 36.1. The van der Waals surface area contributed by atoms with Crippen LogP contribution in [0.5, 0.6) is 0 Å². The van der Waals surface area contributed by atoms with Gasteiger partial charge in [0.15, 0.2) is 0 Å². The Morgan fingerprint density at radius 2 is 0.865 bits per heavy atom. The molecule has 2 fully saturated rings. The molecule has 0 aliphatic carbocycles. The minimum atomic E-state index is -3.28. The van der Waals surface area contributed by atoms with Gasteiger partial charge in [0.2, 0.25) is 0 Å². The number of rotatable bonds is 24. The SMILES string of the molecule is CCC[CH2][Sn]([CH2]CCC)([CH2]CCC)[c]1cc(C(=O)NCCNC(=O)CN2CCN(CC(=O)OC(C)(C)C)CCN(CC(=O)OC(C)(C)C)CCN(CC(=O)OC(C)(C)C)CC2)cc(C(=O)ON2C(=O)CCC2=O)c1. The van der Waals surface area contributed by atoms with Crippen molar-refractivity contribution in [3.8, 4) is 0 Å². The van der Waals surface area contributed by atoms with E-state index in [0.717, 1.165) is 55.4 Å². The summed E-state index contributed by atoms with van der Waals surface area (Å²) < 4.78 is 21.2. The Morgan fingerprint density at radius 1 is 0.514 bits per heavy atom. The normalized spacial score (nSPS) is 16.5. The zero-order valence-electron chi connectivity index (χ0n) is 47.0. The van der Waals surface area contributed by atoms with Gasteiger partial charge in [0.25, 0.3) is 0 Å². The number of imide groups is 1. The van der Waals surface area contributed by atoms with E-state index in [1.165, 1.54) is 6.07 Å². The fraction of sp³-hybridized carbons (Fsp3) is 0.741. The van der Waals surface area contributed by atoms with Gasteiger partial charge in [0, 0.05) is 39.3 Å². The number of carbonyl (C=O) groups is 8. The van der Waals surface area contributed by atoms with Crippen LogP contribution in [-0.2, 0) is 47.8 Å². The fourth-order valence-electron chi connectivity index (χ4n) is 8.95. The summed E-state index contributed by atoms with van der Waals surface area (Å²) >= 11 is -3.28. The van der Waals surface area contributed by atoms with Crippen LogP contribution in [0.15, 0.2) is 18.2 Å². The molecule has 1 aromatic carbocycles. The molecule has 19 nitrogen and oxygen atoms in total. The van der Waals surface area contributed by atoms with Crippen LogP contribution in [-0.4, -0.2) is 199 Å². The number of benzene rings is 1. The third kappa shape index (κ3) is 24.2. The molecular weight excluding hydrogens is 1060 g/mol. The number of carbonyl (C=O) groups excluding carboxylic acids is 8. The molecule has 1 aromatic rings. The minimum absolute atomic E-state index is 0.00799. The topological polar surface area (TPSA) is 214 Å². The quantitative estimate of drug-likeness (QED) is 0.0456. The van der Waals surface area contributed by atoms with Crippen LogP contribution >= 0.6 is 0 Å². The molecule has 0 aromatic heterocycles. The average Bonchev–Trinajstić information content (AvgIpc) is 3.61. The molecule has 74 heavy (non-hydrogen) atoms. The fourth-order valence-corrected chi connectivity index (χ4v) is 25.0. The van der Waals surface area contributed by atoms with Crippen molar-refractivity contribution in [3.63, 3.8) is 0 Å². The Hall–Kier alpha value is -4.18. The maximum absolute atomic E-state index is 14.0. The van der Waals surface area contributed by atoms with Crippen LogP contribution in [0.3, 0.4) is 0 Å². The number of hydroxylamine groups is 2. The Kier molecular flexibility index (Phi) is 26.5. The van der Waals surface area contributed by atoms with Crippen molar-refractivity contribution in [2.24, 2.45) is 0 Å². The molecule has 3 rings (SSSR count). The van der Waals surface area contributed by atoms with E-state index < -0.39 is 70.8 Å². The molecule has 0 bridgehead atoms. The van der Waals surface area contributed by atoms with Gasteiger partial charge in [-0.2, -0.15) is 0 Å². The standard InChI is InChI=1S/C42H64N7O12.3C4H9.Sn/c1-40(2,3)58-35(53)27-46-19-17-45(18-20-47(28-36(54)59-41(4,5)6)22-24-48(23-21-46)29-37(55)60-42(7,8)9)26-32(50)43-15-16-44-38(56)30-11-10-12-31(25-30)39(57)61-49-33(51)13-14-34(49)52;3*1-3-4-2;/h11-12,25H,13-24,26-29H2,1-9H3,(H,43,50)(H,44,56);3*1,3-4H2,2H3;. The first-order valence-corrected chi connectivity index (χ1v) is 34.5. The van der Waals surface area contributed by atoms with Crippen LogP contribution in [0.25, 0.3) is 0 Å². The monoisotopic (exact) mass is 1150 g/mol. The number of nitrogens with one attached hydrogen (secondary N) is 2. The molecule has 2 aliphatic rings. The third-order valence-electron chi connectivity index (χ3n) is 12.6. The molecular formula is C54H91N7O12Sn. The molecule has 0 unspecified atom stereocenters. The average molecular weight is 1150 g/mol. The van der Waals surface area contributed by atoms with Gasteiger partial charge >= 0.3 is 266 Å². The van der Waals surface area contributed by atoms with Gasteiger partial charge < -0.3 is 14.2 Å². The van der Waals surface area contributed by atoms with E-state index in [1.807, 2.05) is 52.5 Å². The summed E-state index contributed by atoms with van der Waals surface area (Å²) in [5.41, 5.74) is -1.69. The van der Waals surface area contributed by atoms with Crippen LogP contribution in [0.4, 0.5) is 0 Å². The Bertz CT molecular complexity index is 1970. The molecule has 20 heteroatoms. The number of nitrogens with zero attached hydrogens (tertiary/aromatic N) is 5. The maximum atomic E-state index is 14.0. The van der Waals surface area contributed by atoms with Gasteiger partial charge in [-0.25, -0.2) is 0 Å². The molecule has 0 spiro atoms. The van der Waals surface area contributed by atoms with Gasteiger partial charge in [-0.1, -0.05) is 0 Å². The van der Waals surface area contributed by atoms with Gasteiger partial charge in [-0.15, -0.1) is 0 Å². The van der Waals surface area contributed by atoms with Crippen molar-refractivity contribution in [2.75, 3.05) is 91.6 Å². The molecule has 2 aliphatic heterocycles. The second-order valence-electron chi connectivity index (χ2n) is 22.8. The number of ether oxygens (including phenoxy) is 3. The first kappa shape index (κ1) is 64.1.